The van der Waals surface area contributed by atoms with Crippen molar-refractivity contribution in [2.24, 2.45) is 0 Å². The molecule has 3 aromatic heterocycles. The van der Waals surface area contributed by atoms with E-state index in [1.54, 1.807) is 0 Å². The van der Waals surface area contributed by atoms with Gasteiger partial charge in [-0.2, -0.15) is 13.2 Å². The highest BCUT2D eigenvalue weighted by Crippen LogP contribution is 2.24. The summed E-state index contributed by atoms with van der Waals surface area (Å²) in [5.74, 6) is -3.49. The number of hydrogen-bond donors (Lipinski definition) is 3. The standard InChI is InChI=1S/C25H21ClF3N9O6/c26-14-3-1-13(2-4-14)20-34-37(24(44)36(20)10-17(39)25(27,28)29)11-18-32-21(22(41)35-8-7-31-19(40)12-35)38(33-18)16-9-30-6-5-15(16)23(42)43/h1-6,9,17,39H,7-8,10-12H2,(H,31,40)(H,42,43)/t17-/m0/s1. The van der Waals surface area contributed by atoms with Crippen molar-refractivity contribution in [2.75, 3.05) is 19.6 Å². The number of rotatable bonds is 8. The molecule has 0 spiro atoms. The van der Waals surface area contributed by atoms with Crippen LogP contribution >= 0.6 is 11.6 Å². The summed E-state index contributed by atoms with van der Waals surface area (Å²) in [5.41, 5.74) is -1.31. The Kier molecular flexibility index (Phi) is 8.20. The van der Waals surface area contributed by atoms with Crippen molar-refractivity contribution in [2.45, 2.75) is 25.4 Å². The van der Waals surface area contributed by atoms with Crippen molar-refractivity contribution >= 4 is 29.4 Å². The summed E-state index contributed by atoms with van der Waals surface area (Å²) in [7, 11) is 0. The number of aromatic nitrogens is 7. The monoisotopic (exact) mass is 635 g/mol. The molecule has 5 rings (SSSR count). The van der Waals surface area contributed by atoms with Crippen LogP contribution in [0.3, 0.4) is 0 Å². The number of aliphatic hydroxyl groups is 1. The Morgan fingerprint density at radius 1 is 1.11 bits per heavy atom. The number of aliphatic hydroxyl groups excluding tert-OH is 1. The maximum Gasteiger partial charge on any atom is 0.416 e. The number of carbonyl (C=O) groups excluding carboxylic acids is 2. The molecule has 44 heavy (non-hydrogen) atoms. The Labute approximate surface area is 249 Å². The molecule has 0 radical (unpaired) electrons. The van der Waals surface area contributed by atoms with Crippen molar-refractivity contribution in [1.82, 2.24) is 44.3 Å². The van der Waals surface area contributed by atoms with Gasteiger partial charge in [0.15, 0.2) is 17.8 Å². The lowest BCUT2D eigenvalue weighted by atomic mass is 10.2. The number of amides is 2. The molecule has 1 atom stereocenters. The maximum atomic E-state index is 13.5. The Morgan fingerprint density at radius 3 is 2.50 bits per heavy atom. The number of nitrogens with zero attached hydrogens (tertiary/aromatic N) is 8. The molecule has 0 saturated carbocycles. The Morgan fingerprint density at radius 2 is 1.84 bits per heavy atom. The van der Waals surface area contributed by atoms with Gasteiger partial charge in [-0.15, -0.1) is 10.2 Å². The van der Waals surface area contributed by atoms with E-state index >= 15 is 0 Å². The molecule has 19 heteroatoms. The van der Waals surface area contributed by atoms with Crippen LogP contribution < -0.4 is 11.0 Å². The quantitative estimate of drug-likeness (QED) is 0.247. The van der Waals surface area contributed by atoms with Crippen LogP contribution in [0.5, 0.6) is 0 Å². The number of carbonyl (C=O) groups is 3. The molecule has 1 aromatic carbocycles. The van der Waals surface area contributed by atoms with Crippen molar-refractivity contribution in [3.8, 4) is 17.1 Å². The van der Waals surface area contributed by atoms with Crippen LogP contribution in [0.15, 0.2) is 47.5 Å². The number of halogens is 4. The first-order valence-corrected chi connectivity index (χ1v) is 13.1. The van der Waals surface area contributed by atoms with Gasteiger partial charge in [0.1, 0.15) is 18.8 Å². The summed E-state index contributed by atoms with van der Waals surface area (Å²) in [5, 5.41) is 30.7. The lowest BCUT2D eigenvalue weighted by Crippen LogP contribution is -2.50. The van der Waals surface area contributed by atoms with Crippen LogP contribution in [0, 0.1) is 0 Å². The summed E-state index contributed by atoms with van der Waals surface area (Å²) >= 11 is 5.92. The Balaban J connectivity index is 1.60. The highest BCUT2D eigenvalue weighted by atomic mass is 35.5. The van der Waals surface area contributed by atoms with Gasteiger partial charge in [-0.1, -0.05) is 11.6 Å². The van der Waals surface area contributed by atoms with Gasteiger partial charge in [0, 0.05) is 29.9 Å². The molecule has 1 saturated heterocycles. The number of alkyl halides is 3. The van der Waals surface area contributed by atoms with Gasteiger partial charge in [0.05, 0.1) is 18.3 Å². The Hall–Kier alpha value is -5.10. The summed E-state index contributed by atoms with van der Waals surface area (Å²) < 4.78 is 41.9. The van der Waals surface area contributed by atoms with Gasteiger partial charge in [-0.3, -0.25) is 19.1 Å². The largest absolute Gasteiger partial charge is 0.478 e. The smallest absolute Gasteiger partial charge is 0.416 e. The zero-order valence-electron chi connectivity index (χ0n) is 22.3. The minimum absolute atomic E-state index is 0.113. The predicted molar refractivity (Wildman–Crippen MR) is 143 cm³/mol. The molecule has 15 nitrogen and oxygen atoms in total. The number of benzene rings is 1. The van der Waals surface area contributed by atoms with Crippen molar-refractivity contribution < 1.29 is 37.8 Å². The molecular weight excluding hydrogens is 615 g/mol. The average molecular weight is 636 g/mol. The highest BCUT2D eigenvalue weighted by Gasteiger charge is 2.39. The SMILES string of the molecule is O=C1CN(C(=O)c2nc(Cn3nc(-c4ccc(Cl)cc4)n(C[C@H](O)C(F)(F)F)c3=O)nn2-c2cnccc2C(=O)O)CCN1. The van der Waals surface area contributed by atoms with Crippen LogP contribution in [0.2, 0.25) is 5.02 Å². The van der Waals surface area contributed by atoms with Gasteiger partial charge in [0.25, 0.3) is 5.91 Å². The van der Waals surface area contributed by atoms with E-state index in [2.05, 4.69) is 25.5 Å². The molecule has 0 unspecified atom stereocenters. The maximum absolute atomic E-state index is 13.5. The number of pyridine rings is 1. The summed E-state index contributed by atoms with van der Waals surface area (Å²) in [6.45, 7) is -1.80. The van der Waals surface area contributed by atoms with Gasteiger partial charge >= 0.3 is 17.8 Å². The molecule has 0 bridgehead atoms. The molecule has 3 N–H and O–H groups in total. The molecule has 230 valence electrons. The molecule has 4 aromatic rings. The van der Waals surface area contributed by atoms with E-state index < -0.39 is 54.7 Å². The molecule has 2 amide bonds. The molecule has 1 fully saturated rings. The van der Waals surface area contributed by atoms with Gasteiger partial charge in [-0.25, -0.2) is 23.9 Å². The van der Waals surface area contributed by atoms with Crippen LogP contribution in [0.1, 0.15) is 26.8 Å². The minimum atomic E-state index is -5.04. The second-order valence-electron chi connectivity index (χ2n) is 9.48. The van der Waals surface area contributed by atoms with E-state index in [1.807, 2.05) is 0 Å². The zero-order chi connectivity index (χ0) is 31.8. The minimum Gasteiger partial charge on any atom is -0.478 e. The number of hydrogen-bond acceptors (Lipinski definition) is 9. The number of nitrogens with one attached hydrogen (secondary N) is 1. The van der Waals surface area contributed by atoms with Gasteiger partial charge in [0.2, 0.25) is 11.7 Å². The lowest BCUT2D eigenvalue weighted by molar-refractivity contribution is -0.207. The number of carboxylic acids is 1. The van der Waals surface area contributed by atoms with Crippen LogP contribution in [0.25, 0.3) is 17.1 Å². The second kappa shape index (κ2) is 11.9. The van der Waals surface area contributed by atoms with E-state index in [-0.39, 0.29) is 48.1 Å². The second-order valence-corrected chi connectivity index (χ2v) is 9.91. The Bertz CT molecular complexity index is 1800. The van der Waals surface area contributed by atoms with Crippen molar-refractivity contribution in [1.29, 1.82) is 0 Å². The normalized spacial score (nSPS) is 14.4. The third-order valence-corrected chi connectivity index (χ3v) is 6.73. The van der Waals surface area contributed by atoms with Crippen LogP contribution in [-0.4, -0.2) is 98.9 Å². The average Bonchev–Trinajstić information content (AvgIpc) is 3.53. The van der Waals surface area contributed by atoms with E-state index in [9.17, 15) is 42.6 Å². The van der Waals surface area contributed by atoms with Crippen LogP contribution in [-0.2, 0) is 17.9 Å². The summed E-state index contributed by atoms with van der Waals surface area (Å²) in [6.07, 6.45) is -5.60. The molecule has 4 heterocycles. The lowest BCUT2D eigenvalue weighted by Gasteiger charge is -2.26. The van der Waals surface area contributed by atoms with Gasteiger partial charge < -0.3 is 20.4 Å². The van der Waals surface area contributed by atoms with Crippen molar-refractivity contribution in [3.63, 3.8) is 0 Å². The third kappa shape index (κ3) is 6.16. The summed E-state index contributed by atoms with van der Waals surface area (Å²) in [6, 6.07) is 6.86. The van der Waals surface area contributed by atoms with E-state index in [0.29, 0.717) is 9.59 Å². The van der Waals surface area contributed by atoms with Gasteiger partial charge in [-0.05, 0) is 30.3 Å². The highest BCUT2D eigenvalue weighted by molar-refractivity contribution is 6.30. The van der Waals surface area contributed by atoms with Crippen molar-refractivity contribution in [3.05, 3.63) is 75.4 Å². The predicted octanol–water partition coefficient (Wildman–Crippen LogP) is 0.583. The fourth-order valence-corrected chi connectivity index (χ4v) is 4.47. The first-order chi connectivity index (χ1) is 20.8. The van der Waals surface area contributed by atoms with Crippen LogP contribution in [0.4, 0.5) is 13.2 Å². The number of carboxylic acid groups (broad SMARTS) is 1. The molecule has 1 aliphatic heterocycles. The first kappa shape index (κ1) is 30.4. The third-order valence-electron chi connectivity index (χ3n) is 6.48. The molecule has 0 aliphatic carbocycles. The summed E-state index contributed by atoms with van der Waals surface area (Å²) in [4.78, 5) is 59.9. The molecular formula is C25H21ClF3N9O6. The topological polar surface area (TPSA) is 190 Å². The fourth-order valence-electron chi connectivity index (χ4n) is 4.35. The fraction of sp³-hybridized carbons (Fsp3) is 0.280. The zero-order valence-corrected chi connectivity index (χ0v) is 23.0. The van der Waals surface area contributed by atoms with E-state index in [1.165, 1.54) is 30.5 Å². The molecule has 1 aliphatic rings. The number of aromatic carboxylic acids is 1. The number of piperazine rings is 1. The van der Waals surface area contributed by atoms with E-state index in [0.717, 1.165) is 26.5 Å². The van der Waals surface area contributed by atoms with E-state index in [4.69, 9.17) is 11.6 Å². The first-order valence-electron chi connectivity index (χ1n) is 12.7.